The molecule has 0 saturated heterocycles. The van der Waals surface area contributed by atoms with Gasteiger partial charge in [-0.05, 0) is 37.6 Å². The smallest absolute Gasteiger partial charge is 0.234 e. The standard InChI is InChI=1S/C22H23FN4O2S/c1-4-11-27-20(13-29-19-8-6-5-7-17(19)23)25-26-22(27)30-14-21(28)24-18-10-9-15(2)12-16(18)3/h4-10,12H,1,11,13-14H2,2-3H3,(H,24,28). The molecule has 0 unspecified atom stereocenters. The number of anilines is 1. The number of benzene rings is 2. The number of aromatic nitrogens is 3. The SMILES string of the molecule is C=CCn1c(COc2ccccc2F)nnc1SCC(=O)Nc1ccc(C)cc1C. The van der Waals surface area contributed by atoms with Crippen molar-refractivity contribution in [1.82, 2.24) is 14.8 Å². The molecule has 2 aromatic carbocycles. The number of hydrogen-bond acceptors (Lipinski definition) is 5. The van der Waals surface area contributed by atoms with Crippen LogP contribution in [-0.2, 0) is 17.9 Å². The molecule has 3 aromatic rings. The molecule has 156 valence electrons. The fraction of sp³-hybridized carbons (Fsp3) is 0.227. The minimum Gasteiger partial charge on any atom is -0.483 e. The largest absolute Gasteiger partial charge is 0.483 e. The third kappa shape index (κ3) is 5.48. The van der Waals surface area contributed by atoms with Crippen molar-refractivity contribution < 1.29 is 13.9 Å². The molecule has 0 radical (unpaired) electrons. The highest BCUT2D eigenvalue weighted by Crippen LogP contribution is 2.21. The molecule has 30 heavy (non-hydrogen) atoms. The Hall–Kier alpha value is -3.13. The van der Waals surface area contributed by atoms with Crippen molar-refractivity contribution in [2.75, 3.05) is 11.1 Å². The highest BCUT2D eigenvalue weighted by atomic mass is 32.2. The van der Waals surface area contributed by atoms with E-state index in [-0.39, 0.29) is 24.0 Å². The minimum absolute atomic E-state index is 0.0527. The molecule has 1 N–H and O–H groups in total. The maximum Gasteiger partial charge on any atom is 0.234 e. The molecule has 0 aliphatic heterocycles. The minimum atomic E-state index is -0.440. The summed E-state index contributed by atoms with van der Waals surface area (Å²) in [6.45, 7) is 8.22. The van der Waals surface area contributed by atoms with E-state index >= 15 is 0 Å². The van der Waals surface area contributed by atoms with Crippen LogP contribution in [0.2, 0.25) is 0 Å². The topological polar surface area (TPSA) is 69.0 Å². The van der Waals surface area contributed by atoms with Crippen LogP contribution in [-0.4, -0.2) is 26.4 Å². The van der Waals surface area contributed by atoms with Gasteiger partial charge in [0.05, 0.1) is 5.75 Å². The summed E-state index contributed by atoms with van der Waals surface area (Å²) in [4.78, 5) is 12.4. The third-order valence-corrected chi connectivity index (χ3v) is 5.25. The van der Waals surface area contributed by atoms with Crippen LogP contribution in [0.1, 0.15) is 17.0 Å². The summed E-state index contributed by atoms with van der Waals surface area (Å²) in [5.74, 6) is 0.272. The summed E-state index contributed by atoms with van der Waals surface area (Å²) in [6.07, 6.45) is 1.70. The van der Waals surface area contributed by atoms with Gasteiger partial charge in [0.1, 0.15) is 6.61 Å². The Balaban J connectivity index is 1.63. The number of nitrogens with zero attached hydrogens (tertiary/aromatic N) is 3. The zero-order valence-corrected chi connectivity index (χ0v) is 17.7. The molecular formula is C22H23FN4O2S. The Labute approximate surface area is 179 Å². The van der Waals surface area contributed by atoms with Crippen LogP contribution in [0, 0.1) is 19.7 Å². The van der Waals surface area contributed by atoms with E-state index in [1.165, 1.54) is 17.8 Å². The van der Waals surface area contributed by atoms with E-state index < -0.39 is 5.82 Å². The molecule has 0 spiro atoms. The second-order valence-corrected chi connectivity index (χ2v) is 7.61. The van der Waals surface area contributed by atoms with Crippen molar-refractivity contribution >= 4 is 23.4 Å². The first-order chi connectivity index (χ1) is 14.5. The second-order valence-electron chi connectivity index (χ2n) is 6.67. The van der Waals surface area contributed by atoms with Crippen LogP contribution in [0.15, 0.2) is 60.3 Å². The summed E-state index contributed by atoms with van der Waals surface area (Å²) in [5, 5.41) is 11.8. The molecule has 0 saturated carbocycles. The maximum absolute atomic E-state index is 13.8. The highest BCUT2D eigenvalue weighted by molar-refractivity contribution is 7.99. The first-order valence-electron chi connectivity index (χ1n) is 9.38. The molecule has 0 bridgehead atoms. The Bertz CT molecular complexity index is 1050. The van der Waals surface area contributed by atoms with Crippen LogP contribution in [0.5, 0.6) is 5.75 Å². The number of nitrogens with one attached hydrogen (secondary N) is 1. The predicted octanol–water partition coefficient (Wildman–Crippen LogP) is 4.53. The van der Waals surface area contributed by atoms with Gasteiger partial charge >= 0.3 is 0 Å². The van der Waals surface area contributed by atoms with Gasteiger partial charge in [-0.3, -0.25) is 9.36 Å². The molecule has 6 nitrogen and oxygen atoms in total. The molecule has 1 heterocycles. The summed E-state index contributed by atoms with van der Waals surface area (Å²) in [6, 6.07) is 12.0. The Kier molecular flexibility index (Phi) is 7.24. The first-order valence-corrected chi connectivity index (χ1v) is 10.4. The number of aryl methyl sites for hydroxylation is 2. The van der Waals surface area contributed by atoms with Crippen molar-refractivity contribution in [3.8, 4) is 5.75 Å². The Morgan fingerprint density at radius 2 is 2.07 bits per heavy atom. The number of para-hydroxylation sites is 1. The van der Waals surface area contributed by atoms with Gasteiger partial charge in [0.25, 0.3) is 0 Å². The number of carbonyl (C=O) groups excluding carboxylic acids is 1. The van der Waals surface area contributed by atoms with Gasteiger partial charge in [-0.15, -0.1) is 16.8 Å². The van der Waals surface area contributed by atoms with E-state index in [0.717, 1.165) is 16.8 Å². The third-order valence-electron chi connectivity index (χ3n) is 4.29. The molecule has 3 rings (SSSR count). The van der Waals surface area contributed by atoms with Crippen molar-refractivity contribution in [1.29, 1.82) is 0 Å². The van der Waals surface area contributed by atoms with Gasteiger partial charge in [0.15, 0.2) is 22.5 Å². The van der Waals surface area contributed by atoms with Crippen LogP contribution >= 0.6 is 11.8 Å². The fourth-order valence-electron chi connectivity index (χ4n) is 2.82. The maximum atomic E-state index is 13.8. The Morgan fingerprint density at radius 1 is 1.27 bits per heavy atom. The average molecular weight is 427 g/mol. The lowest BCUT2D eigenvalue weighted by molar-refractivity contribution is -0.113. The number of halogens is 1. The number of carbonyl (C=O) groups is 1. The number of amides is 1. The zero-order valence-electron chi connectivity index (χ0n) is 16.9. The summed E-state index contributed by atoms with van der Waals surface area (Å²) in [7, 11) is 0. The molecule has 0 aliphatic carbocycles. The van der Waals surface area contributed by atoms with Gasteiger partial charge in [0.2, 0.25) is 5.91 Å². The van der Waals surface area contributed by atoms with Crippen LogP contribution in [0.25, 0.3) is 0 Å². The van der Waals surface area contributed by atoms with Crippen molar-refractivity contribution in [2.24, 2.45) is 0 Å². The van der Waals surface area contributed by atoms with Crippen molar-refractivity contribution in [3.05, 3.63) is 77.9 Å². The van der Waals surface area contributed by atoms with Gasteiger partial charge in [-0.2, -0.15) is 0 Å². The molecule has 1 aromatic heterocycles. The fourth-order valence-corrected chi connectivity index (χ4v) is 3.59. The second kappa shape index (κ2) is 10.1. The normalized spacial score (nSPS) is 10.6. The summed E-state index contributed by atoms with van der Waals surface area (Å²) in [5.41, 5.74) is 2.94. The molecule has 0 aliphatic rings. The van der Waals surface area contributed by atoms with E-state index in [1.807, 2.05) is 32.0 Å². The average Bonchev–Trinajstić information content (AvgIpc) is 3.10. The zero-order chi connectivity index (χ0) is 21.5. The molecular weight excluding hydrogens is 403 g/mol. The lowest BCUT2D eigenvalue weighted by Crippen LogP contribution is -2.15. The molecule has 0 fully saturated rings. The lowest BCUT2D eigenvalue weighted by Gasteiger charge is -2.10. The van der Waals surface area contributed by atoms with Crippen LogP contribution in [0.4, 0.5) is 10.1 Å². The number of thioether (sulfide) groups is 1. The Morgan fingerprint density at radius 3 is 2.80 bits per heavy atom. The quantitative estimate of drug-likeness (QED) is 0.402. The van der Waals surface area contributed by atoms with Crippen molar-refractivity contribution in [3.63, 3.8) is 0 Å². The highest BCUT2D eigenvalue weighted by Gasteiger charge is 2.15. The lowest BCUT2D eigenvalue weighted by atomic mass is 10.1. The van der Waals surface area contributed by atoms with E-state index in [4.69, 9.17) is 4.74 Å². The van der Waals surface area contributed by atoms with Gasteiger partial charge < -0.3 is 10.1 Å². The number of allylic oxidation sites excluding steroid dienone is 1. The number of rotatable bonds is 9. The van der Waals surface area contributed by atoms with E-state index in [1.54, 1.807) is 28.8 Å². The predicted molar refractivity (Wildman–Crippen MR) is 116 cm³/mol. The summed E-state index contributed by atoms with van der Waals surface area (Å²) >= 11 is 1.27. The molecule has 8 heteroatoms. The van der Waals surface area contributed by atoms with Crippen LogP contribution < -0.4 is 10.1 Å². The van der Waals surface area contributed by atoms with E-state index in [2.05, 4.69) is 22.1 Å². The molecule has 0 atom stereocenters. The van der Waals surface area contributed by atoms with Gasteiger partial charge in [-0.1, -0.05) is 47.7 Å². The van der Waals surface area contributed by atoms with Gasteiger partial charge in [-0.25, -0.2) is 4.39 Å². The number of ether oxygens (including phenoxy) is 1. The van der Waals surface area contributed by atoms with E-state index in [9.17, 15) is 9.18 Å². The first kappa shape index (κ1) is 21.6. The van der Waals surface area contributed by atoms with Gasteiger partial charge in [0, 0.05) is 12.2 Å². The summed E-state index contributed by atoms with van der Waals surface area (Å²) < 4.78 is 21.1. The monoisotopic (exact) mass is 426 g/mol. The molecule has 1 amide bonds. The van der Waals surface area contributed by atoms with Crippen molar-refractivity contribution in [2.45, 2.75) is 32.2 Å². The number of hydrogen-bond donors (Lipinski definition) is 1. The van der Waals surface area contributed by atoms with Crippen LogP contribution in [0.3, 0.4) is 0 Å². The van der Waals surface area contributed by atoms with E-state index in [0.29, 0.717) is 17.5 Å².